The van der Waals surface area contributed by atoms with Crippen LogP contribution in [0.15, 0.2) is 11.0 Å². The number of aldehydes is 1. The van der Waals surface area contributed by atoms with Gasteiger partial charge < -0.3 is 0 Å². The van der Waals surface area contributed by atoms with Crippen molar-refractivity contribution >= 4 is 18.0 Å². The lowest BCUT2D eigenvalue weighted by Crippen LogP contribution is -1.71. The van der Waals surface area contributed by atoms with E-state index in [4.69, 9.17) is 0 Å². The highest BCUT2D eigenvalue weighted by molar-refractivity contribution is 8.03. The van der Waals surface area contributed by atoms with Crippen molar-refractivity contribution in [2.24, 2.45) is 0 Å². The van der Waals surface area contributed by atoms with E-state index in [0.717, 1.165) is 11.2 Å². The van der Waals surface area contributed by atoms with Crippen molar-refractivity contribution in [3.63, 3.8) is 0 Å². The molecule has 0 aliphatic heterocycles. The van der Waals surface area contributed by atoms with E-state index in [0.29, 0.717) is 0 Å². The number of rotatable bonds is 2. The monoisotopic (exact) mass is 116 g/mol. The summed E-state index contributed by atoms with van der Waals surface area (Å²) in [7, 11) is 0. The first-order chi connectivity index (χ1) is 3.35. The second-order valence-electron chi connectivity index (χ2n) is 1.01. The smallest absolute Gasteiger partial charge is 0.156 e. The third kappa shape index (κ3) is 2.45. The highest BCUT2D eigenvalue weighted by Crippen LogP contribution is 2.05. The van der Waals surface area contributed by atoms with Crippen LogP contribution in [0.3, 0.4) is 0 Å². The van der Waals surface area contributed by atoms with Crippen molar-refractivity contribution in [3.05, 3.63) is 11.0 Å². The fourth-order valence-corrected chi connectivity index (χ4v) is 0.566. The number of allylic oxidation sites excluding steroid dienone is 2. The molecule has 0 aliphatic carbocycles. The summed E-state index contributed by atoms with van der Waals surface area (Å²) in [6, 6.07) is 0. The molecule has 0 saturated carbocycles. The van der Waals surface area contributed by atoms with E-state index < -0.39 is 0 Å². The van der Waals surface area contributed by atoms with Gasteiger partial charge in [-0.1, -0.05) is 6.08 Å². The molecule has 7 heavy (non-hydrogen) atoms. The van der Waals surface area contributed by atoms with Crippen molar-refractivity contribution in [3.8, 4) is 0 Å². The van der Waals surface area contributed by atoms with E-state index in [-0.39, 0.29) is 0 Å². The molecule has 1 nitrogen and oxygen atoms in total. The van der Waals surface area contributed by atoms with Crippen molar-refractivity contribution in [2.45, 2.75) is 6.92 Å². The Bertz CT molecular complexity index is 86.1. The van der Waals surface area contributed by atoms with Gasteiger partial charge in [0.1, 0.15) is 0 Å². The molecule has 0 saturated heterocycles. The summed E-state index contributed by atoms with van der Waals surface area (Å²) in [5.41, 5.74) is 0. The fourth-order valence-electron chi connectivity index (χ4n) is 0.234. The molecule has 0 aliphatic rings. The summed E-state index contributed by atoms with van der Waals surface area (Å²) in [5, 5.41) is 0. The van der Waals surface area contributed by atoms with Crippen LogP contribution in [0.2, 0.25) is 0 Å². The van der Waals surface area contributed by atoms with Gasteiger partial charge in [0.2, 0.25) is 0 Å². The lowest BCUT2D eigenvalue weighted by molar-refractivity contribution is -0.104. The lowest BCUT2D eigenvalue weighted by atomic mass is 10.6. The molecule has 0 bridgehead atoms. The molecule has 0 heterocycles. The van der Waals surface area contributed by atoms with E-state index in [1.165, 1.54) is 11.8 Å². The molecule has 0 N–H and O–H groups in total. The molecule has 0 aromatic carbocycles. The normalized spacial score (nSPS) is 11.4. The van der Waals surface area contributed by atoms with Gasteiger partial charge in [0.25, 0.3) is 0 Å². The van der Waals surface area contributed by atoms with Crippen LogP contribution in [0.4, 0.5) is 0 Å². The summed E-state index contributed by atoms with van der Waals surface area (Å²) in [5.74, 6) is 0. The number of hydrogen-bond donors (Lipinski definition) is 0. The Morgan fingerprint density at radius 2 is 2.29 bits per heavy atom. The summed E-state index contributed by atoms with van der Waals surface area (Å²) < 4.78 is 0. The molecule has 0 rings (SSSR count). The maximum absolute atomic E-state index is 9.88. The van der Waals surface area contributed by atoms with Gasteiger partial charge in [-0.2, -0.15) is 0 Å². The van der Waals surface area contributed by atoms with Crippen LogP contribution in [-0.2, 0) is 4.79 Å². The Morgan fingerprint density at radius 1 is 1.71 bits per heavy atom. The number of carbonyl (C=O) groups excluding carboxylic acids is 1. The third-order valence-electron chi connectivity index (χ3n) is 0.636. The Kier molecular flexibility index (Phi) is 3.80. The second kappa shape index (κ2) is 3.93. The zero-order valence-corrected chi connectivity index (χ0v) is 5.29. The van der Waals surface area contributed by atoms with E-state index in [1.54, 1.807) is 6.08 Å². The quantitative estimate of drug-likeness (QED) is 0.401. The van der Waals surface area contributed by atoms with Crippen molar-refractivity contribution in [1.29, 1.82) is 0 Å². The van der Waals surface area contributed by atoms with Gasteiger partial charge in [-0.3, -0.25) is 4.79 Å². The molecular weight excluding hydrogens is 108 g/mol. The van der Waals surface area contributed by atoms with Crippen molar-refractivity contribution in [2.75, 3.05) is 6.26 Å². The molecule has 0 unspecified atom stereocenters. The minimum atomic E-state index is 0.792. The van der Waals surface area contributed by atoms with Crippen molar-refractivity contribution < 1.29 is 4.79 Å². The predicted octanol–water partition coefficient (Wildman–Crippen LogP) is 1.45. The van der Waals surface area contributed by atoms with Gasteiger partial charge in [0.05, 0.1) is 0 Å². The molecule has 2 heteroatoms. The third-order valence-corrected chi connectivity index (χ3v) is 1.44. The van der Waals surface area contributed by atoms with Gasteiger partial charge >= 0.3 is 0 Å². The zero-order chi connectivity index (χ0) is 5.70. The van der Waals surface area contributed by atoms with Crippen LogP contribution in [0.5, 0.6) is 0 Å². The van der Waals surface area contributed by atoms with E-state index in [1.807, 2.05) is 13.2 Å². The number of carbonyl (C=O) groups is 1. The average Bonchev–Trinajstić information content (AvgIpc) is 1.72. The summed E-state index contributed by atoms with van der Waals surface area (Å²) in [6.07, 6.45) is 4.52. The summed E-state index contributed by atoms with van der Waals surface area (Å²) >= 11 is 1.46. The highest BCUT2D eigenvalue weighted by atomic mass is 32.2. The minimum absolute atomic E-state index is 0.792. The summed E-state index contributed by atoms with van der Waals surface area (Å²) in [6.45, 7) is 1.85. The standard InChI is InChI=1S/C5H8OS/c1-3-5(4-6)7-2/h3-4H,1-2H3. The predicted molar refractivity (Wildman–Crippen MR) is 33.3 cm³/mol. The molecule has 0 aromatic heterocycles. The molecule has 0 radical (unpaired) electrons. The Hall–Kier alpha value is -0.240. The number of thioether (sulfide) groups is 1. The zero-order valence-electron chi connectivity index (χ0n) is 4.47. The number of hydrogen-bond acceptors (Lipinski definition) is 2. The fraction of sp³-hybridized carbons (Fsp3) is 0.400. The maximum atomic E-state index is 9.88. The molecule has 40 valence electrons. The van der Waals surface area contributed by atoms with Crippen LogP contribution in [-0.4, -0.2) is 12.5 Å². The Labute approximate surface area is 47.8 Å². The molecule has 0 aromatic rings. The van der Waals surface area contributed by atoms with Gasteiger partial charge in [0, 0.05) is 4.91 Å². The van der Waals surface area contributed by atoms with Gasteiger partial charge in [-0.25, -0.2) is 0 Å². The highest BCUT2D eigenvalue weighted by Gasteiger charge is 1.82. The Morgan fingerprint density at radius 3 is 2.29 bits per heavy atom. The first-order valence-electron chi connectivity index (χ1n) is 2.00. The average molecular weight is 116 g/mol. The molecular formula is C5H8OS. The van der Waals surface area contributed by atoms with Gasteiger partial charge in [-0.05, 0) is 13.2 Å². The second-order valence-corrected chi connectivity index (χ2v) is 1.89. The van der Waals surface area contributed by atoms with Gasteiger partial charge in [-0.15, -0.1) is 11.8 Å². The molecule has 0 amide bonds. The van der Waals surface area contributed by atoms with E-state index in [9.17, 15) is 4.79 Å². The summed E-state index contributed by atoms with van der Waals surface area (Å²) in [4.78, 5) is 10.7. The van der Waals surface area contributed by atoms with Crippen LogP contribution < -0.4 is 0 Å². The van der Waals surface area contributed by atoms with Crippen LogP contribution >= 0.6 is 11.8 Å². The lowest BCUT2D eigenvalue weighted by Gasteiger charge is -1.83. The molecule has 0 atom stereocenters. The molecule has 0 fully saturated rings. The van der Waals surface area contributed by atoms with Gasteiger partial charge in [0.15, 0.2) is 6.29 Å². The topological polar surface area (TPSA) is 17.1 Å². The first-order valence-corrected chi connectivity index (χ1v) is 3.23. The minimum Gasteiger partial charge on any atom is -0.297 e. The van der Waals surface area contributed by atoms with Crippen LogP contribution in [0, 0.1) is 0 Å². The maximum Gasteiger partial charge on any atom is 0.156 e. The Balaban J connectivity index is 3.60. The van der Waals surface area contributed by atoms with Crippen LogP contribution in [0.25, 0.3) is 0 Å². The SMILES string of the molecule is CC=C(C=O)SC. The first kappa shape index (κ1) is 6.76. The van der Waals surface area contributed by atoms with E-state index >= 15 is 0 Å². The van der Waals surface area contributed by atoms with Crippen molar-refractivity contribution in [1.82, 2.24) is 0 Å². The largest absolute Gasteiger partial charge is 0.297 e. The van der Waals surface area contributed by atoms with Crippen LogP contribution in [0.1, 0.15) is 6.92 Å². The van der Waals surface area contributed by atoms with E-state index in [2.05, 4.69) is 0 Å². The molecule has 0 spiro atoms.